The van der Waals surface area contributed by atoms with Crippen molar-refractivity contribution >= 4 is 56.3 Å². The van der Waals surface area contributed by atoms with Crippen LogP contribution in [0.15, 0.2) is 65.6 Å². The van der Waals surface area contributed by atoms with Gasteiger partial charge in [0.1, 0.15) is 16.6 Å². The van der Waals surface area contributed by atoms with E-state index in [1.807, 2.05) is 31.2 Å². The monoisotopic (exact) mass is 566 g/mol. The lowest BCUT2D eigenvalue weighted by molar-refractivity contribution is 0.0963. The molecule has 10 nitrogen and oxygen atoms in total. The van der Waals surface area contributed by atoms with Crippen molar-refractivity contribution in [2.75, 3.05) is 36.8 Å². The summed E-state index contributed by atoms with van der Waals surface area (Å²) in [6, 6.07) is 17.4. The van der Waals surface area contributed by atoms with Gasteiger partial charge in [-0.1, -0.05) is 35.9 Å². The maximum atomic E-state index is 12.2. The zero-order valence-corrected chi connectivity index (χ0v) is 23.2. The maximum absolute atomic E-state index is 12.2. The number of aryl methyl sites for hydroxylation is 1. The number of rotatable bonds is 8. The van der Waals surface area contributed by atoms with E-state index in [2.05, 4.69) is 25.9 Å². The van der Waals surface area contributed by atoms with Gasteiger partial charge in [0, 0.05) is 18.9 Å². The molecule has 3 aromatic carbocycles. The van der Waals surface area contributed by atoms with E-state index in [4.69, 9.17) is 22.1 Å². The number of carbonyl (C=O) groups excluding carboxylic acids is 1. The molecule has 4 aromatic rings. The van der Waals surface area contributed by atoms with E-state index in [9.17, 15) is 13.2 Å². The lowest BCUT2D eigenvalue weighted by Gasteiger charge is -2.17. The van der Waals surface area contributed by atoms with Gasteiger partial charge in [0.05, 0.1) is 23.4 Å². The van der Waals surface area contributed by atoms with Gasteiger partial charge in [-0.15, -0.1) is 0 Å². The average molecular weight is 567 g/mol. The number of anilines is 5. The number of nitrogen functional groups attached to an aromatic ring is 1. The van der Waals surface area contributed by atoms with Gasteiger partial charge in [0.2, 0.25) is 5.95 Å². The number of nitrogens with two attached hydrogens (primary N) is 1. The molecule has 0 fully saturated rings. The second kappa shape index (κ2) is 11.2. The van der Waals surface area contributed by atoms with Gasteiger partial charge in [-0.05, 0) is 60.0 Å². The van der Waals surface area contributed by atoms with E-state index in [-0.39, 0.29) is 33.4 Å². The Morgan fingerprint density at radius 1 is 1.00 bits per heavy atom. The van der Waals surface area contributed by atoms with E-state index < -0.39 is 9.84 Å². The minimum atomic E-state index is -3.52. The summed E-state index contributed by atoms with van der Waals surface area (Å²) in [4.78, 5) is 20.6. The van der Waals surface area contributed by atoms with Gasteiger partial charge >= 0.3 is 0 Å². The van der Waals surface area contributed by atoms with Crippen molar-refractivity contribution in [3.05, 3.63) is 76.8 Å². The number of amides is 1. The number of aromatic nitrogens is 2. The topological polar surface area (TPSA) is 148 Å². The van der Waals surface area contributed by atoms with Gasteiger partial charge < -0.3 is 26.4 Å². The van der Waals surface area contributed by atoms with Crippen LogP contribution < -0.4 is 26.4 Å². The maximum Gasteiger partial charge on any atom is 0.251 e. The molecule has 0 unspecified atom stereocenters. The van der Waals surface area contributed by atoms with Crippen molar-refractivity contribution in [1.29, 1.82) is 0 Å². The molecule has 0 aliphatic heterocycles. The molecule has 0 spiro atoms. The minimum Gasteiger partial charge on any atom is -0.495 e. The van der Waals surface area contributed by atoms with Crippen LogP contribution in [-0.4, -0.2) is 44.7 Å². The third-order valence-electron chi connectivity index (χ3n) is 5.89. The number of halogens is 1. The Hall–Kier alpha value is -4.35. The first-order chi connectivity index (χ1) is 18.5. The van der Waals surface area contributed by atoms with E-state index in [0.717, 1.165) is 22.9 Å². The number of ether oxygens (including phenoxy) is 1. The Morgan fingerprint density at radius 2 is 1.69 bits per heavy atom. The number of nitrogens with one attached hydrogen (secondary N) is 3. The predicted molar refractivity (Wildman–Crippen MR) is 154 cm³/mol. The van der Waals surface area contributed by atoms with Crippen LogP contribution in [0.4, 0.5) is 29.0 Å². The lowest BCUT2D eigenvalue weighted by Crippen LogP contribution is -2.17. The molecular weight excluding hydrogens is 540 g/mol. The van der Waals surface area contributed by atoms with Gasteiger partial charge in [0.25, 0.3) is 5.91 Å². The first kappa shape index (κ1) is 27.7. The van der Waals surface area contributed by atoms with Crippen LogP contribution >= 0.6 is 11.6 Å². The fourth-order valence-corrected chi connectivity index (χ4v) is 4.93. The Balaban J connectivity index is 1.68. The molecule has 1 heterocycles. The van der Waals surface area contributed by atoms with Crippen molar-refractivity contribution in [3.63, 3.8) is 0 Å². The summed E-state index contributed by atoms with van der Waals surface area (Å²) in [5.74, 6) is 0.603. The highest BCUT2D eigenvalue weighted by molar-refractivity contribution is 7.90. The minimum absolute atomic E-state index is 0.00276. The smallest absolute Gasteiger partial charge is 0.251 e. The first-order valence-electron chi connectivity index (χ1n) is 11.7. The van der Waals surface area contributed by atoms with E-state index >= 15 is 0 Å². The second-order valence-electron chi connectivity index (χ2n) is 8.64. The number of nitrogens with zero attached hydrogens (tertiary/aromatic N) is 2. The van der Waals surface area contributed by atoms with Crippen LogP contribution in [-0.2, 0) is 9.84 Å². The summed E-state index contributed by atoms with van der Waals surface area (Å²) in [6.07, 6.45) is 1.12. The van der Waals surface area contributed by atoms with Crippen LogP contribution in [0.3, 0.4) is 0 Å². The quantitative estimate of drug-likeness (QED) is 0.232. The lowest BCUT2D eigenvalue weighted by atomic mass is 9.98. The van der Waals surface area contributed by atoms with Gasteiger partial charge in [-0.2, -0.15) is 9.97 Å². The number of para-hydroxylation sites is 1. The van der Waals surface area contributed by atoms with Crippen LogP contribution in [0.2, 0.25) is 5.02 Å². The zero-order chi connectivity index (χ0) is 28.3. The zero-order valence-electron chi connectivity index (χ0n) is 21.7. The normalized spacial score (nSPS) is 11.1. The second-order valence-corrected chi connectivity index (χ2v) is 11.0. The number of benzene rings is 3. The molecule has 202 valence electrons. The molecule has 0 aliphatic carbocycles. The van der Waals surface area contributed by atoms with E-state index in [1.54, 1.807) is 44.5 Å². The van der Waals surface area contributed by atoms with Crippen molar-refractivity contribution in [1.82, 2.24) is 15.3 Å². The number of hydrogen-bond acceptors (Lipinski definition) is 9. The molecule has 0 bridgehead atoms. The van der Waals surface area contributed by atoms with Crippen molar-refractivity contribution < 1.29 is 17.9 Å². The number of methoxy groups -OCH3 is 1. The molecule has 0 saturated carbocycles. The summed E-state index contributed by atoms with van der Waals surface area (Å²) in [6.45, 7) is 1.94. The molecule has 5 N–H and O–H groups in total. The molecule has 0 radical (unpaired) electrons. The molecule has 12 heteroatoms. The standard InChI is InChI=1S/C27H27ClN6O4S/c1-15-13-20(21(38-3)14-18(15)16-9-11-17(12-10-16)26(35)30-2)32-27-33-24(29)23(28)25(34-27)31-19-7-5-6-8-22(19)39(4,36)37/h5-14H,1-4H3,(H,30,35)(H4,29,31,32,33,34). The van der Waals surface area contributed by atoms with Crippen molar-refractivity contribution in [3.8, 4) is 16.9 Å². The summed E-state index contributed by atoms with van der Waals surface area (Å²) in [7, 11) is -0.388. The predicted octanol–water partition coefficient (Wildman–Crippen LogP) is 4.95. The Bertz CT molecular complexity index is 1660. The highest BCUT2D eigenvalue weighted by atomic mass is 35.5. The molecule has 1 amide bonds. The van der Waals surface area contributed by atoms with Crippen LogP contribution in [0, 0.1) is 6.92 Å². The van der Waals surface area contributed by atoms with Gasteiger partial charge in [0.15, 0.2) is 15.7 Å². The fourth-order valence-electron chi connectivity index (χ4n) is 3.96. The van der Waals surface area contributed by atoms with Crippen LogP contribution in [0.5, 0.6) is 5.75 Å². The molecular formula is C27H27ClN6O4S. The number of sulfone groups is 1. The molecule has 0 aliphatic rings. The molecule has 39 heavy (non-hydrogen) atoms. The third kappa shape index (κ3) is 6.05. The fraction of sp³-hybridized carbons (Fsp3) is 0.148. The summed E-state index contributed by atoms with van der Waals surface area (Å²) in [5, 5.41) is 8.73. The van der Waals surface area contributed by atoms with E-state index in [0.29, 0.717) is 22.7 Å². The SMILES string of the molecule is CNC(=O)c1ccc(-c2cc(OC)c(Nc3nc(N)c(Cl)c(Nc4ccccc4S(C)(=O)=O)n3)cc2C)cc1. The van der Waals surface area contributed by atoms with Crippen molar-refractivity contribution in [2.45, 2.75) is 11.8 Å². The summed E-state index contributed by atoms with van der Waals surface area (Å²) >= 11 is 6.36. The Morgan fingerprint density at radius 3 is 2.33 bits per heavy atom. The Labute approximate surface area is 231 Å². The molecule has 4 rings (SSSR count). The molecule has 0 atom stereocenters. The number of hydrogen-bond donors (Lipinski definition) is 4. The van der Waals surface area contributed by atoms with Crippen molar-refractivity contribution in [2.24, 2.45) is 0 Å². The highest BCUT2D eigenvalue weighted by Crippen LogP contribution is 2.37. The highest BCUT2D eigenvalue weighted by Gasteiger charge is 2.18. The number of carbonyl (C=O) groups is 1. The first-order valence-corrected chi connectivity index (χ1v) is 14.0. The van der Waals surface area contributed by atoms with Crippen LogP contribution in [0.25, 0.3) is 11.1 Å². The van der Waals surface area contributed by atoms with Gasteiger partial charge in [-0.3, -0.25) is 4.79 Å². The third-order valence-corrected chi connectivity index (χ3v) is 7.42. The van der Waals surface area contributed by atoms with Crippen LogP contribution in [0.1, 0.15) is 15.9 Å². The summed E-state index contributed by atoms with van der Waals surface area (Å²) in [5.41, 5.74) is 10.2. The summed E-state index contributed by atoms with van der Waals surface area (Å²) < 4.78 is 30.1. The Kier molecular flexibility index (Phi) is 7.93. The van der Waals surface area contributed by atoms with E-state index in [1.165, 1.54) is 6.07 Å². The van der Waals surface area contributed by atoms with Gasteiger partial charge in [-0.25, -0.2) is 8.42 Å². The largest absolute Gasteiger partial charge is 0.495 e. The average Bonchev–Trinajstić information content (AvgIpc) is 2.91. The molecule has 0 saturated heterocycles. The molecule has 1 aromatic heterocycles.